The number of amides is 3. The quantitative estimate of drug-likeness (QED) is 0.0293. The summed E-state index contributed by atoms with van der Waals surface area (Å²) in [5.74, 6) is -0.545. The maximum atomic E-state index is 14.1. The number of thiophene rings is 1. The molecular formula is C52H58N8O16S4. The van der Waals surface area contributed by atoms with Gasteiger partial charge in [-0.25, -0.2) is 13.2 Å². The molecule has 24 nitrogen and oxygen atoms in total. The number of aromatic hydroxyl groups is 2. The maximum Gasteiger partial charge on any atom is 0.340 e. The molecule has 4 aliphatic rings. The average molecular weight is 1180 g/mol. The van der Waals surface area contributed by atoms with Crippen molar-refractivity contribution in [3.05, 3.63) is 105 Å². The summed E-state index contributed by atoms with van der Waals surface area (Å²) >= 11 is 8.15. The van der Waals surface area contributed by atoms with Gasteiger partial charge in [-0.3, -0.25) is 14.4 Å². The fourth-order valence-corrected chi connectivity index (χ4v) is 13.6. The maximum absolute atomic E-state index is 14.1. The zero-order chi connectivity index (χ0) is 56.4. The number of carbonyl (C=O) groups excluding carboxylic acids is 4. The van der Waals surface area contributed by atoms with Gasteiger partial charge in [0, 0.05) is 90.8 Å². The zero-order valence-electron chi connectivity index (χ0n) is 43.4. The number of esters is 1. The number of phenolic OH excluding ortho intramolecular Hbond substituents is 2. The number of ether oxygens (including phenoxy) is 8. The molecule has 426 valence electrons. The van der Waals surface area contributed by atoms with Crippen LogP contribution >= 0.6 is 35.3 Å². The van der Waals surface area contributed by atoms with Gasteiger partial charge in [0.1, 0.15) is 44.4 Å². The number of thioether (sulfide) groups is 1. The number of hydrogen-bond donors (Lipinski definition) is 6. The number of benzene rings is 3. The van der Waals surface area contributed by atoms with Crippen LogP contribution in [0.15, 0.2) is 77.0 Å². The van der Waals surface area contributed by atoms with Gasteiger partial charge in [0.2, 0.25) is 27.7 Å². The van der Waals surface area contributed by atoms with Crippen LogP contribution in [0.5, 0.6) is 34.8 Å². The molecule has 0 radical (unpaired) electrons. The van der Waals surface area contributed by atoms with Crippen molar-refractivity contribution in [1.82, 2.24) is 35.4 Å². The first-order valence-corrected chi connectivity index (χ1v) is 29.2. The van der Waals surface area contributed by atoms with Gasteiger partial charge in [-0.2, -0.15) is 16.1 Å². The van der Waals surface area contributed by atoms with Crippen molar-refractivity contribution in [1.29, 1.82) is 0 Å². The molecule has 2 saturated heterocycles. The highest BCUT2D eigenvalue weighted by Gasteiger charge is 2.54. The number of aromatic nitrogens is 2. The number of hydrogen-bond acceptors (Lipinski definition) is 21. The number of rotatable bonds is 24. The van der Waals surface area contributed by atoms with E-state index in [1.54, 1.807) is 47.5 Å². The minimum atomic E-state index is -3.92. The molecule has 6 N–H and O–H groups in total. The second-order valence-electron chi connectivity index (χ2n) is 18.2. The lowest BCUT2D eigenvalue weighted by molar-refractivity contribution is -0.125. The largest absolute Gasteiger partial charge is 0.508 e. The normalized spacial score (nSPS) is 17.1. The minimum Gasteiger partial charge on any atom is -0.508 e. The Morgan fingerprint density at radius 2 is 1.43 bits per heavy atom. The lowest BCUT2D eigenvalue weighted by atomic mass is 9.77. The van der Waals surface area contributed by atoms with Crippen molar-refractivity contribution < 1.29 is 75.7 Å². The van der Waals surface area contributed by atoms with Crippen molar-refractivity contribution in [3.63, 3.8) is 0 Å². The standard InChI is InChI=1S/C52H58N8O16S4/c1-69-44-29-36(48(70-2)58-57-44)49(65)60-30-32(55-47(64)45-43(9-22-79-45)80(67,68)59-12-23-78-24-13-59)26-40(60)46(63)53-10-14-71-16-18-73-20-21-74-19-17-72-15-11-54-51(77)56-31-3-6-37-35(25-31)50(66)76-52(37)38-7-4-33(61)27-41(38)75-42-28-34(62)5-8-39(42)52/h3-9,22,25,27-29,32,40,61-62H,10-21,23-24,26,30H2,1-2H3,(H,53,63)(H,55,64)(H2,54,56,77)/t32-,40-/m0/s1. The van der Waals surface area contributed by atoms with E-state index in [0.717, 1.165) is 11.3 Å². The van der Waals surface area contributed by atoms with Crippen LogP contribution in [0.25, 0.3) is 0 Å². The summed E-state index contributed by atoms with van der Waals surface area (Å²) in [6.45, 7) is 3.35. The Morgan fingerprint density at radius 3 is 2.06 bits per heavy atom. The summed E-state index contributed by atoms with van der Waals surface area (Å²) in [7, 11) is -1.24. The molecule has 80 heavy (non-hydrogen) atoms. The van der Waals surface area contributed by atoms with Crippen LogP contribution in [0.3, 0.4) is 0 Å². The smallest absolute Gasteiger partial charge is 0.340 e. The highest BCUT2D eigenvalue weighted by molar-refractivity contribution is 7.99. The number of sulfonamides is 1. The number of likely N-dealkylation sites (tertiary alicyclic amines) is 1. The Kier molecular flexibility index (Phi) is 18.9. The summed E-state index contributed by atoms with van der Waals surface area (Å²) in [6, 6.07) is 15.3. The molecule has 0 saturated carbocycles. The number of carbonyl (C=O) groups is 4. The van der Waals surface area contributed by atoms with E-state index in [1.165, 1.54) is 59.8 Å². The van der Waals surface area contributed by atoms with Crippen molar-refractivity contribution in [3.8, 4) is 34.8 Å². The van der Waals surface area contributed by atoms with Crippen LogP contribution in [0.4, 0.5) is 5.69 Å². The van der Waals surface area contributed by atoms with E-state index in [9.17, 15) is 37.8 Å². The lowest BCUT2D eigenvalue weighted by Crippen LogP contribution is -2.46. The topological polar surface area (TPSA) is 297 Å². The predicted molar refractivity (Wildman–Crippen MR) is 295 cm³/mol. The van der Waals surface area contributed by atoms with E-state index in [1.807, 2.05) is 0 Å². The number of nitrogens with one attached hydrogen (secondary N) is 4. The average Bonchev–Trinajstić information content (AvgIpc) is 4.12. The third-order valence-electron chi connectivity index (χ3n) is 13.2. The first-order chi connectivity index (χ1) is 38.7. The van der Waals surface area contributed by atoms with Gasteiger partial charge in [-0.1, -0.05) is 6.07 Å². The molecule has 4 aliphatic heterocycles. The highest BCUT2D eigenvalue weighted by Crippen LogP contribution is 2.57. The number of fused-ring (bicyclic) bond motifs is 6. The zero-order valence-corrected chi connectivity index (χ0v) is 46.7. The molecule has 1 spiro atoms. The van der Waals surface area contributed by atoms with Gasteiger partial charge in [-0.05, 0) is 66.5 Å². The summed E-state index contributed by atoms with van der Waals surface area (Å²) in [5.41, 5.74) is 1.09. The van der Waals surface area contributed by atoms with E-state index in [-0.39, 0.29) is 89.4 Å². The Bertz CT molecular complexity index is 3160. The second-order valence-corrected chi connectivity index (χ2v) is 22.7. The van der Waals surface area contributed by atoms with Gasteiger partial charge in [0.05, 0.1) is 72.6 Å². The Morgan fingerprint density at radius 1 is 0.800 bits per heavy atom. The Balaban J connectivity index is 0.652. The Labute approximate surface area is 473 Å². The molecule has 0 bridgehead atoms. The van der Waals surface area contributed by atoms with Crippen molar-refractivity contribution in [2.24, 2.45) is 0 Å². The van der Waals surface area contributed by atoms with Gasteiger partial charge < -0.3 is 74.3 Å². The highest BCUT2D eigenvalue weighted by atomic mass is 32.2. The molecular weight excluding hydrogens is 1120 g/mol. The van der Waals surface area contributed by atoms with Gasteiger partial charge in [0.15, 0.2) is 10.7 Å². The van der Waals surface area contributed by atoms with Gasteiger partial charge in [0.25, 0.3) is 11.8 Å². The number of nitrogens with zero attached hydrogens (tertiary/aromatic N) is 4. The van der Waals surface area contributed by atoms with Crippen LogP contribution in [0.1, 0.15) is 53.5 Å². The fraction of sp³-hybridized carbons (Fsp3) is 0.404. The summed E-state index contributed by atoms with van der Waals surface area (Å²) in [6.07, 6.45) is 0.0287. The van der Waals surface area contributed by atoms with Crippen LogP contribution < -0.4 is 35.5 Å². The van der Waals surface area contributed by atoms with Crippen LogP contribution in [-0.4, -0.2) is 190 Å². The summed E-state index contributed by atoms with van der Waals surface area (Å²) < 4.78 is 73.6. The third kappa shape index (κ3) is 12.8. The van der Waals surface area contributed by atoms with Crippen molar-refractivity contribution in [2.75, 3.05) is 117 Å². The molecule has 9 rings (SSSR count). The van der Waals surface area contributed by atoms with E-state index in [4.69, 9.17) is 50.1 Å². The van der Waals surface area contributed by atoms with E-state index >= 15 is 0 Å². The molecule has 5 aromatic rings. The first kappa shape index (κ1) is 57.8. The molecule has 0 aliphatic carbocycles. The molecule has 6 heterocycles. The fourth-order valence-electron chi connectivity index (χ4n) is 9.50. The van der Waals surface area contributed by atoms with E-state index < -0.39 is 51.4 Å². The van der Waals surface area contributed by atoms with Crippen LogP contribution in [0, 0.1) is 0 Å². The predicted octanol–water partition coefficient (Wildman–Crippen LogP) is 3.45. The van der Waals surface area contributed by atoms with Crippen molar-refractivity contribution in [2.45, 2.75) is 29.0 Å². The molecule has 2 fully saturated rings. The summed E-state index contributed by atoms with van der Waals surface area (Å²) in [4.78, 5) is 56.2. The molecule has 0 unspecified atom stereocenters. The monoisotopic (exact) mass is 1180 g/mol. The SMILES string of the molecule is COc1cc(C(=O)N2C[C@@H](NC(=O)c3sccc3S(=O)(=O)N3CCSCC3)C[C@H]2C(=O)NCCOCCOCCOCCOCCNC(=S)Nc2ccc3c(c2)C(=O)OC32c3ccc(O)cc3Oc3cc(O)ccc32)c(OC)nn1. The Hall–Kier alpha value is -6.89. The molecule has 3 aromatic carbocycles. The number of thiocarbonyl (C=S) groups is 1. The number of phenols is 2. The van der Waals surface area contributed by atoms with Crippen LogP contribution in [0.2, 0.25) is 0 Å². The van der Waals surface area contributed by atoms with E-state index in [2.05, 4.69) is 31.5 Å². The molecule has 2 aromatic heterocycles. The second kappa shape index (κ2) is 26.1. The van der Waals surface area contributed by atoms with E-state index in [0.29, 0.717) is 97.2 Å². The van der Waals surface area contributed by atoms with Crippen LogP contribution in [-0.2, 0) is 44.1 Å². The molecule has 3 amide bonds. The lowest BCUT2D eigenvalue weighted by Gasteiger charge is -2.36. The third-order valence-corrected chi connectivity index (χ3v) is 17.4. The summed E-state index contributed by atoms with van der Waals surface area (Å²) in [5, 5.41) is 41.9. The van der Waals surface area contributed by atoms with Gasteiger partial charge >= 0.3 is 5.97 Å². The van der Waals surface area contributed by atoms with Gasteiger partial charge in [-0.15, -0.1) is 21.5 Å². The molecule has 28 heteroatoms. The first-order valence-electron chi connectivity index (χ1n) is 25.3. The molecule has 2 atom stereocenters. The number of anilines is 1. The number of methoxy groups -OCH3 is 2. The minimum absolute atomic E-state index is 0.0110. The van der Waals surface area contributed by atoms with Crippen molar-refractivity contribution >= 4 is 79.8 Å².